The second-order valence-electron chi connectivity index (χ2n) is 7.71. The number of carbonyl (C=O) groups excluding carboxylic acids is 1. The zero-order chi connectivity index (χ0) is 19.6. The van der Waals surface area contributed by atoms with Crippen LogP contribution in [0.15, 0.2) is 12.3 Å². The molecule has 0 aromatic carbocycles. The van der Waals surface area contributed by atoms with Gasteiger partial charge in [-0.25, -0.2) is 9.78 Å². The lowest BCUT2D eigenvalue weighted by molar-refractivity contribution is -0.000749. The lowest BCUT2D eigenvalue weighted by Gasteiger charge is -2.43. The molecule has 0 unspecified atom stereocenters. The maximum Gasteiger partial charge on any atom is 0.493 e. The van der Waals surface area contributed by atoms with Gasteiger partial charge in [-0.05, 0) is 40.2 Å². The Morgan fingerprint density at radius 2 is 2.08 bits per heavy atom. The van der Waals surface area contributed by atoms with E-state index in [2.05, 4.69) is 9.88 Å². The van der Waals surface area contributed by atoms with Gasteiger partial charge in [0.05, 0.1) is 0 Å². The number of hydrogen-bond acceptors (Lipinski definition) is 6. The Labute approximate surface area is 153 Å². The number of amides is 1. The third-order valence-electron chi connectivity index (χ3n) is 4.48. The van der Waals surface area contributed by atoms with E-state index in [4.69, 9.17) is 4.74 Å². The fourth-order valence-corrected chi connectivity index (χ4v) is 3.12. The van der Waals surface area contributed by atoms with E-state index < -0.39 is 18.7 Å². The molecular formula is C17H27BFN3O4. The van der Waals surface area contributed by atoms with Crippen LogP contribution in [0.4, 0.5) is 9.18 Å². The molecule has 1 fully saturated rings. The summed E-state index contributed by atoms with van der Waals surface area (Å²) in [7, 11) is -1.91. The van der Waals surface area contributed by atoms with Gasteiger partial charge in [-0.3, -0.25) is 4.90 Å². The van der Waals surface area contributed by atoms with Gasteiger partial charge in [0.2, 0.25) is 5.95 Å². The summed E-state index contributed by atoms with van der Waals surface area (Å²) in [5.41, 5.74) is -0.0899. The number of nitrogens with zero attached hydrogens (tertiary/aromatic N) is 3. The van der Waals surface area contributed by atoms with Gasteiger partial charge in [0.1, 0.15) is 5.60 Å². The van der Waals surface area contributed by atoms with E-state index >= 15 is 0 Å². The summed E-state index contributed by atoms with van der Waals surface area (Å²) in [4.78, 5) is 19.7. The van der Waals surface area contributed by atoms with Crippen molar-refractivity contribution < 1.29 is 24.0 Å². The highest BCUT2D eigenvalue weighted by atomic mass is 19.1. The van der Waals surface area contributed by atoms with Crippen LogP contribution in [0.25, 0.3) is 0 Å². The fraction of sp³-hybridized carbons (Fsp3) is 0.647. The summed E-state index contributed by atoms with van der Waals surface area (Å²) in [6.07, 6.45) is 1.07. The van der Waals surface area contributed by atoms with E-state index in [9.17, 15) is 19.2 Å². The van der Waals surface area contributed by atoms with Crippen LogP contribution in [0.3, 0.4) is 0 Å². The number of hydrogen-bond donors (Lipinski definition) is 2. The van der Waals surface area contributed by atoms with Gasteiger partial charge in [0.25, 0.3) is 0 Å². The molecule has 144 valence electrons. The first-order chi connectivity index (χ1) is 12.0. The minimum absolute atomic E-state index is 0.0545. The number of pyridine rings is 1. The average molecular weight is 367 g/mol. The van der Waals surface area contributed by atoms with Crippen molar-refractivity contribution in [2.24, 2.45) is 0 Å². The second-order valence-corrected chi connectivity index (χ2v) is 7.71. The van der Waals surface area contributed by atoms with Crippen molar-refractivity contribution in [2.45, 2.75) is 52.3 Å². The molecule has 1 saturated heterocycles. The second kappa shape index (κ2) is 7.90. The number of halogens is 1. The van der Waals surface area contributed by atoms with Crippen molar-refractivity contribution >= 4 is 18.7 Å². The van der Waals surface area contributed by atoms with Crippen molar-refractivity contribution in [2.75, 3.05) is 19.6 Å². The molecule has 7 nitrogen and oxygen atoms in total. The summed E-state index contributed by atoms with van der Waals surface area (Å²) < 4.78 is 19.0. The van der Waals surface area contributed by atoms with Crippen LogP contribution >= 0.6 is 0 Å². The number of carbonyl (C=O) groups is 1. The molecule has 0 bridgehead atoms. The molecule has 0 radical (unpaired) electrons. The van der Waals surface area contributed by atoms with E-state index in [0.29, 0.717) is 25.2 Å². The minimum Gasteiger partial charge on any atom is -0.444 e. The first kappa shape index (κ1) is 20.6. The highest BCUT2D eigenvalue weighted by Gasteiger charge is 2.33. The van der Waals surface area contributed by atoms with Gasteiger partial charge in [-0.15, -0.1) is 0 Å². The molecule has 2 heterocycles. The molecule has 1 aromatic heterocycles. The van der Waals surface area contributed by atoms with E-state index in [1.807, 2.05) is 34.6 Å². The Bertz CT molecular complexity index is 653. The van der Waals surface area contributed by atoms with E-state index in [-0.39, 0.29) is 23.6 Å². The molecule has 2 atom stereocenters. The van der Waals surface area contributed by atoms with Crippen LogP contribution in [0.5, 0.6) is 0 Å². The number of ether oxygens (including phenoxy) is 1. The molecular weight excluding hydrogens is 340 g/mol. The first-order valence-electron chi connectivity index (χ1n) is 8.74. The Morgan fingerprint density at radius 1 is 1.42 bits per heavy atom. The molecule has 0 aliphatic carbocycles. The monoisotopic (exact) mass is 367 g/mol. The van der Waals surface area contributed by atoms with Gasteiger partial charge in [-0.1, -0.05) is 6.07 Å². The van der Waals surface area contributed by atoms with Crippen LogP contribution in [0.2, 0.25) is 0 Å². The van der Waals surface area contributed by atoms with Gasteiger partial charge >= 0.3 is 13.2 Å². The lowest BCUT2D eigenvalue weighted by atomic mass is 9.80. The molecule has 9 heteroatoms. The molecule has 2 N–H and O–H groups in total. The van der Waals surface area contributed by atoms with Crippen LogP contribution < -0.4 is 5.46 Å². The van der Waals surface area contributed by atoms with E-state index in [1.165, 1.54) is 12.3 Å². The predicted octanol–water partition coefficient (Wildman–Crippen LogP) is 0.903. The van der Waals surface area contributed by atoms with Crippen molar-refractivity contribution in [3.63, 3.8) is 0 Å². The molecule has 1 aromatic rings. The quantitative estimate of drug-likeness (QED) is 0.610. The number of piperazine rings is 1. The number of aromatic nitrogens is 1. The van der Waals surface area contributed by atoms with Crippen LogP contribution in [0, 0.1) is 5.95 Å². The summed E-state index contributed by atoms with van der Waals surface area (Å²) in [6, 6.07) is 1.36. The Morgan fingerprint density at radius 3 is 2.62 bits per heavy atom. The van der Waals surface area contributed by atoms with Gasteiger partial charge in [-0.2, -0.15) is 4.39 Å². The predicted molar refractivity (Wildman–Crippen MR) is 96.4 cm³/mol. The molecule has 1 amide bonds. The lowest BCUT2D eigenvalue weighted by Crippen LogP contribution is -2.55. The highest BCUT2D eigenvalue weighted by Crippen LogP contribution is 2.25. The summed E-state index contributed by atoms with van der Waals surface area (Å²) in [6.45, 7) is 11.1. The van der Waals surface area contributed by atoms with Crippen molar-refractivity contribution in [1.29, 1.82) is 0 Å². The maximum absolute atomic E-state index is 13.6. The van der Waals surface area contributed by atoms with Gasteiger partial charge in [0.15, 0.2) is 0 Å². The molecule has 0 spiro atoms. The zero-order valence-electron chi connectivity index (χ0n) is 15.9. The summed E-state index contributed by atoms with van der Waals surface area (Å²) in [5.74, 6) is -0.890. The smallest absolute Gasteiger partial charge is 0.444 e. The van der Waals surface area contributed by atoms with Gasteiger partial charge in [0, 0.05) is 43.4 Å². The fourth-order valence-electron chi connectivity index (χ4n) is 3.12. The van der Waals surface area contributed by atoms with Crippen LogP contribution in [0.1, 0.15) is 46.2 Å². The largest absolute Gasteiger partial charge is 0.493 e. The molecule has 2 rings (SSSR count). The third-order valence-corrected chi connectivity index (χ3v) is 4.48. The normalized spacial score (nSPS) is 20.0. The first-order valence-corrected chi connectivity index (χ1v) is 8.74. The van der Waals surface area contributed by atoms with E-state index in [0.717, 1.165) is 0 Å². The molecule has 1 aliphatic rings. The van der Waals surface area contributed by atoms with Gasteiger partial charge < -0.3 is 19.7 Å². The zero-order valence-corrected chi connectivity index (χ0v) is 15.9. The van der Waals surface area contributed by atoms with Crippen molar-refractivity contribution in [3.8, 4) is 0 Å². The molecule has 26 heavy (non-hydrogen) atoms. The topological polar surface area (TPSA) is 86.1 Å². The Balaban J connectivity index is 2.07. The average Bonchev–Trinajstić information content (AvgIpc) is 2.52. The highest BCUT2D eigenvalue weighted by molar-refractivity contribution is 6.58. The summed E-state index contributed by atoms with van der Waals surface area (Å²) in [5, 5.41) is 18.5. The Hall–Kier alpha value is -1.71. The SMILES string of the molecule is C[C@H]1CN(C(=O)OC(C)(C)C)CCN1[C@@H](C)c1cnc(F)c(B(O)O)c1. The summed E-state index contributed by atoms with van der Waals surface area (Å²) >= 11 is 0. The van der Waals surface area contributed by atoms with Crippen molar-refractivity contribution in [1.82, 2.24) is 14.8 Å². The Kier molecular flexibility index (Phi) is 6.26. The van der Waals surface area contributed by atoms with Crippen LogP contribution in [-0.4, -0.2) is 69.3 Å². The van der Waals surface area contributed by atoms with Crippen molar-refractivity contribution in [3.05, 3.63) is 23.8 Å². The molecule has 1 aliphatic heterocycles. The molecule has 0 saturated carbocycles. The number of rotatable bonds is 3. The maximum atomic E-state index is 13.6. The van der Waals surface area contributed by atoms with Crippen LogP contribution in [-0.2, 0) is 4.74 Å². The minimum atomic E-state index is -1.91. The standard InChI is InChI=1S/C17H27BFN3O4/c1-11-10-21(16(23)26-17(3,4)5)6-7-22(11)12(2)13-8-14(18(24)25)15(19)20-9-13/h8-9,11-12,24-25H,6-7,10H2,1-5H3/t11-,12-/m0/s1. The third kappa shape index (κ3) is 4.93. The van der Waals surface area contributed by atoms with E-state index in [1.54, 1.807) is 4.90 Å².